The molecule has 0 saturated heterocycles. The molecule has 30 heavy (non-hydrogen) atoms. The molecule has 3 rings (SSSR count). The summed E-state index contributed by atoms with van der Waals surface area (Å²) in [5.74, 6) is 0. The zero-order valence-corrected chi connectivity index (χ0v) is 17.6. The van der Waals surface area contributed by atoms with E-state index in [-0.39, 0.29) is 37.6 Å². The van der Waals surface area contributed by atoms with Crippen molar-refractivity contribution in [1.82, 2.24) is 8.87 Å². The fourth-order valence-electron chi connectivity index (χ4n) is 3.46. The maximum Gasteiger partial charge on any atom is 0.243 e. The van der Waals surface area contributed by atoms with Gasteiger partial charge in [0.15, 0.2) is 6.29 Å². The van der Waals surface area contributed by atoms with Gasteiger partial charge in [-0.1, -0.05) is 35.9 Å². The van der Waals surface area contributed by atoms with E-state index in [0.717, 1.165) is 22.8 Å². The molecule has 0 bridgehead atoms. The van der Waals surface area contributed by atoms with Gasteiger partial charge in [-0.2, -0.15) is 4.31 Å². The molecule has 2 aromatic carbocycles. The predicted octanol–water partition coefficient (Wildman–Crippen LogP) is 2.20. The lowest BCUT2D eigenvalue weighted by molar-refractivity contribution is 0.112. The molecule has 0 radical (unpaired) electrons. The standard InChI is InChI=1S/C22H26N2O5S/c1-17-7-9-20(10-8-17)30(28,29)24(11-4-12-25)15-19(27)14-23-13-18(16-26)21-5-2-3-6-22(21)23/h2-3,5-10,13,16,19,25,27H,4,11-12,14-15H2,1H3/t19-/m0/s1. The van der Waals surface area contributed by atoms with Crippen LogP contribution < -0.4 is 0 Å². The molecular weight excluding hydrogens is 404 g/mol. The molecule has 1 aromatic heterocycles. The zero-order valence-electron chi connectivity index (χ0n) is 16.8. The Kier molecular flexibility index (Phi) is 7.04. The number of carbonyl (C=O) groups excluding carboxylic acids is 1. The van der Waals surface area contributed by atoms with E-state index in [1.54, 1.807) is 35.0 Å². The normalized spacial score (nSPS) is 13.1. The summed E-state index contributed by atoms with van der Waals surface area (Å²) in [7, 11) is -3.82. The molecule has 0 saturated carbocycles. The predicted molar refractivity (Wildman–Crippen MR) is 115 cm³/mol. The van der Waals surface area contributed by atoms with Crippen molar-refractivity contribution in [3.63, 3.8) is 0 Å². The summed E-state index contributed by atoms with van der Waals surface area (Å²) in [6.45, 7) is 1.82. The van der Waals surface area contributed by atoms with E-state index in [1.807, 2.05) is 31.2 Å². The molecule has 160 valence electrons. The zero-order chi connectivity index (χ0) is 21.7. The van der Waals surface area contributed by atoms with Crippen molar-refractivity contribution in [3.05, 3.63) is 65.9 Å². The van der Waals surface area contributed by atoms with Gasteiger partial charge in [-0.25, -0.2) is 8.42 Å². The van der Waals surface area contributed by atoms with Gasteiger partial charge in [-0.05, 0) is 31.5 Å². The first kappa shape index (κ1) is 22.2. The van der Waals surface area contributed by atoms with E-state index >= 15 is 0 Å². The van der Waals surface area contributed by atoms with Gasteiger partial charge in [0.1, 0.15) is 0 Å². The van der Waals surface area contributed by atoms with Crippen LogP contribution in [0, 0.1) is 6.92 Å². The third-order valence-electron chi connectivity index (χ3n) is 4.99. The molecule has 0 aliphatic rings. The van der Waals surface area contributed by atoms with E-state index in [9.17, 15) is 23.4 Å². The highest BCUT2D eigenvalue weighted by Gasteiger charge is 2.26. The molecule has 2 N–H and O–H groups in total. The highest BCUT2D eigenvalue weighted by atomic mass is 32.2. The lowest BCUT2D eigenvalue weighted by Gasteiger charge is -2.25. The summed E-state index contributed by atoms with van der Waals surface area (Å²) in [4.78, 5) is 11.5. The highest BCUT2D eigenvalue weighted by Crippen LogP contribution is 2.21. The highest BCUT2D eigenvalue weighted by molar-refractivity contribution is 7.89. The second kappa shape index (κ2) is 9.53. The van der Waals surface area contributed by atoms with Gasteiger partial charge in [0.2, 0.25) is 10.0 Å². The second-order valence-electron chi connectivity index (χ2n) is 7.28. The average molecular weight is 431 g/mol. The van der Waals surface area contributed by atoms with Gasteiger partial charge in [0, 0.05) is 48.9 Å². The van der Waals surface area contributed by atoms with Crippen LogP contribution in [0.1, 0.15) is 22.3 Å². The number of carbonyl (C=O) groups is 1. The van der Waals surface area contributed by atoms with Gasteiger partial charge in [0.25, 0.3) is 0 Å². The number of hydrogen-bond acceptors (Lipinski definition) is 5. The molecule has 7 nitrogen and oxygen atoms in total. The van der Waals surface area contributed by atoms with Crippen molar-refractivity contribution in [1.29, 1.82) is 0 Å². The van der Waals surface area contributed by atoms with Crippen LogP contribution in [0.5, 0.6) is 0 Å². The number of aryl methyl sites for hydroxylation is 1. The molecule has 0 aliphatic heterocycles. The fourth-order valence-corrected chi connectivity index (χ4v) is 4.97. The topological polar surface area (TPSA) is 99.8 Å². The van der Waals surface area contributed by atoms with Gasteiger partial charge >= 0.3 is 0 Å². The summed E-state index contributed by atoms with van der Waals surface area (Å²) in [6.07, 6.45) is 1.69. The first-order valence-electron chi connectivity index (χ1n) is 9.75. The minimum atomic E-state index is -3.82. The molecule has 0 spiro atoms. The smallest absolute Gasteiger partial charge is 0.243 e. The third kappa shape index (κ3) is 4.79. The molecule has 0 aliphatic carbocycles. The van der Waals surface area contributed by atoms with Crippen molar-refractivity contribution < 1.29 is 23.4 Å². The number of sulfonamides is 1. The molecule has 1 heterocycles. The quantitative estimate of drug-likeness (QED) is 0.481. The Morgan fingerprint density at radius 3 is 2.50 bits per heavy atom. The van der Waals surface area contributed by atoms with Crippen molar-refractivity contribution in [2.45, 2.75) is 30.9 Å². The Labute approximate surface area is 176 Å². The number of rotatable bonds is 10. The first-order valence-corrected chi connectivity index (χ1v) is 11.2. The Morgan fingerprint density at radius 1 is 1.13 bits per heavy atom. The Morgan fingerprint density at radius 2 is 1.83 bits per heavy atom. The van der Waals surface area contributed by atoms with Crippen LogP contribution in [-0.4, -0.2) is 59.6 Å². The number of aliphatic hydroxyl groups is 2. The Bertz CT molecular complexity index is 1110. The van der Waals surface area contributed by atoms with Gasteiger partial charge in [-0.3, -0.25) is 4.79 Å². The minimum absolute atomic E-state index is 0.0930. The van der Waals surface area contributed by atoms with E-state index in [2.05, 4.69) is 0 Å². The van der Waals surface area contributed by atoms with Crippen LogP contribution in [0.2, 0.25) is 0 Å². The summed E-state index contributed by atoms with van der Waals surface area (Å²) in [5, 5.41) is 20.7. The summed E-state index contributed by atoms with van der Waals surface area (Å²) < 4.78 is 29.1. The van der Waals surface area contributed by atoms with Gasteiger partial charge in [-0.15, -0.1) is 0 Å². The van der Waals surface area contributed by atoms with Crippen molar-refractivity contribution in [2.24, 2.45) is 0 Å². The third-order valence-corrected chi connectivity index (χ3v) is 6.87. The van der Waals surface area contributed by atoms with Crippen LogP contribution in [0.15, 0.2) is 59.6 Å². The van der Waals surface area contributed by atoms with E-state index < -0.39 is 16.1 Å². The molecule has 0 unspecified atom stereocenters. The summed E-state index contributed by atoms with van der Waals surface area (Å²) >= 11 is 0. The monoisotopic (exact) mass is 430 g/mol. The van der Waals surface area contributed by atoms with Crippen LogP contribution in [0.25, 0.3) is 10.9 Å². The largest absolute Gasteiger partial charge is 0.396 e. The van der Waals surface area contributed by atoms with E-state index in [0.29, 0.717) is 5.56 Å². The lowest BCUT2D eigenvalue weighted by atomic mass is 10.2. The second-order valence-corrected chi connectivity index (χ2v) is 9.22. The van der Waals surface area contributed by atoms with Crippen LogP contribution in [-0.2, 0) is 16.6 Å². The maximum absolute atomic E-state index is 13.1. The van der Waals surface area contributed by atoms with Gasteiger partial charge in [0.05, 0.1) is 11.0 Å². The van der Waals surface area contributed by atoms with Crippen molar-refractivity contribution >= 4 is 27.2 Å². The minimum Gasteiger partial charge on any atom is -0.396 e. The number of fused-ring (bicyclic) bond motifs is 1. The number of nitrogens with zero attached hydrogens (tertiary/aromatic N) is 2. The van der Waals surface area contributed by atoms with Crippen LogP contribution in [0.4, 0.5) is 0 Å². The van der Waals surface area contributed by atoms with Crippen molar-refractivity contribution in [3.8, 4) is 0 Å². The van der Waals surface area contributed by atoms with Crippen LogP contribution in [0.3, 0.4) is 0 Å². The molecule has 0 amide bonds. The molecular formula is C22H26N2O5S. The van der Waals surface area contributed by atoms with Crippen molar-refractivity contribution in [2.75, 3.05) is 19.7 Å². The average Bonchev–Trinajstić information content (AvgIpc) is 3.09. The summed E-state index contributed by atoms with van der Waals surface area (Å²) in [6, 6.07) is 13.9. The first-order chi connectivity index (χ1) is 14.4. The number of aliphatic hydroxyl groups excluding tert-OH is 2. The van der Waals surface area contributed by atoms with Crippen LogP contribution >= 0.6 is 0 Å². The molecule has 1 atom stereocenters. The number of benzene rings is 2. The van der Waals surface area contributed by atoms with E-state index in [4.69, 9.17) is 0 Å². The Hall–Kier alpha value is -2.52. The number of aldehydes is 1. The van der Waals surface area contributed by atoms with E-state index in [1.165, 1.54) is 4.31 Å². The fraction of sp³-hybridized carbons (Fsp3) is 0.318. The lowest BCUT2D eigenvalue weighted by Crippen LogP contribution is -2.39. The molecule has 3 aromatic rings. The summed E-state index contributed by atoms with van der Waals surface area (Å²) in [5.41, 5.74) is 2.26. The Balaban J connectivity index is 1.83. The maximum atomic E-state index is 13.1. The SMILES string of the molecule is Cc1ccc(S(=O)(=O)N(CCCO)C[C@@H](O)Cn2cc(C=O)c3ccccc32)cc1. The molecule has 8 heteroatoms. The number of para-hydroxylation sites is 1. The van der Waals surface area contributed by atoms with Gasteiger partial charge < -0.3 is 14.8 Å². The molecule has 0 fully saturated rings. The number of aromatic nitrogens is 1. The number of hydrogen-bond donors (Lipinski definition) is 2.